The summed E-state index contributed by atoms with van der Waals surface area (Å²) in [6, 6.07) is 6.37. The Bertz CT molecular complexity index is 706. The lowest BCUT2D eigenvalue weighted by Gasteiger charge is -2.10. The summed E-state index contributed by atoms with van der Waals surface area (Å²) in [6.45, 7) is 1.86. The van der Waals surface area contributed by atoms with Crippen molar-refractivity contribution in [1.29, 1.82) is 0 Å². The van der Waals surface area contributed by atoms with Crippen molar-refractivity contribution < 1.29 is 27.4 Å². The average molecular weight is 324 g/mol. The summed E-state index contributed by atoms with van der Waals surface area (Å²) in [4.78, 5) is 7.77. The van der Waals surface area contributed by atoms with Gasteiger partial charge in [0.1, 0.15) is 17.8 Å². The van der Waals surface area contributed by atoms with Gasteiger partial charge < -0.3 is 14.2 Å². The zero-order chi connectivity index (χ0) is 16.7. The molecule has 1 aromatic heterocycles. The molecule has 0 aliphatic carbocycles. The smallest absolute Gasteiger partial charge is 0.464 e. The van der Waals surface area contributed by atoms with Crippen molar-refractivity contribution in [1.82, 2.24) is 9.97 Å². The van der Waals surface area contributed by atoms with Crippen LogP contribution in [-0.4, -0.2) is 22.9 Å². The van der Waals surface area contributed by atoms with Gasteiger partial charge in [-0.2, -0.15) is 0 Å². The molecule has 1 aromatic carbocycles. The number of hydrogen-bond donors (Lipinski definition) is 0. The highest BCUT2D eigenvalue weighted by atomic mass is 19.4. The third-order valence-corrected chi connectivity index (χ3v) is 2.37. The van der Waals surface area contributed by atoms with Crippen molar-refractivity contribution in [3.63, 3.8) is 0 Å². The van der Waals surface area contributed by atoms with E-state index in [0.29, 0.717) is 0 Å². The molecule has 0 N–H and O–H groups in total. The van der Waals surface area contributed by atoms with Gasteiger partial charge in [-0.25, -0.2) is 9.97 Å². The first kappa shape index (κ1) is 16.4. The average Bonchev–Trinajstić information content (AvgIpc) is 2.49. The molecule has 1 heterocycles. The second-order valence-corrected chi connectivity index (χ2v) is 4.03. The SMILES string of the molecule is CC#CCOc1cc(Oc2ccc(OC(F)(F)F)cc2)ncn1. The first-order valence-corrected chi connectivity index (χ1v) is 6.34. The molecule has 0 spiro atoms. The Morgan fingerprint density at radius 1 is 1.04 bits per heavy atom. The molecule has 0 atom stereocenters. The van der Waals surface area contributed by atoms with Crippen LogP contribution >= 0.6 is 0 Å². The van der Waals surface area contributed by atoms with Crippen molar-refractivity contribution in [2.45, 2.75) is 13.3 Å². The number of halogens is 3. The Hall–Kier alpha value is -2.95. The number of ether oxygens (including phenoxy) is 3. The number of alkyl halides is 3. The molecule has 0 fully saturated rings. The lowest BCUT2D eigenvalue weighted by Crippen LogP contribution is -2.16. The van der Waals surface area contributed by atoms with Crippen molar-refractivity contribution >= 4 is 0 Å². The quantitative estimate of drug-likeness (QED) is 0.787. The van der Waals surface area contributed by atoms with E-state index in [-0.39, 0.29) is 29.9 Å². The molecule has 0 saturated carbocycles. The van der Waals surface area contributed by atoms with Crippen LogP contribution in [0.3, 0.4) is 0 Å². The van der Waals surface area contributed by atoms with Crippen LogP contribution in [0.4, 0.5) is 13.2 Å². The summed E-state index contributed by atoms with van der Waals surface area (Å²) in [5, 5.41) is 0. The van der Waals surface area contributed by atoms with Crippen LogP contribution in [0.15, 0.2) is 36.7 Å². The minimum Gasteiger partial charge on any atom is -0.464 e. The fourth-order valence-corrected chi connectivity index (χ4v) is 1.47. The predicted octanol–water partition coefficient (Wildman–Crippen LogP) is 3.57. The van der Waals surface area contributed by atoms with Crippen LogP contribution in [0.2, 0.25) is 0 Å². The van der Waals surface area contributed by atoms with E-state index < -0.39 is 6.36 Å². The Kier molecular flexibility index (Phi) is 5.25. The Morgan fingerprint density at radius 3 is 2.35 bits per heavy atom. The lowest BCUT2D eigenvalue weighted by molar-refractivity contribution is -0.274. The number of aromatic nitrogens is 2. The van der Waals surface area contributed by atoms with E-state index >= 15 is 0 Å². The van der Waals surface area contributed by atoms with E-state index in [1.165, 1.54) is 24.5 Å². The van der Waals surface area contributed by atoms with Crippen molar-refractivity contribution in [2.24, 2.45) is 0 Å². The zero-order valence-electron chi connectivity index (χ0n) is 11.9. The molecule has 0 radical (unpaired) electrons. The molecule has 120 valence electrons. The Balaban J connectivity index is 2.01. The summed E-state index contributed by atoms with van der Waals surface area (Å²) in [6.07, 6.45) is -3.49. The summed E-state index contributed by atoms with van der Waals surface area (Å²) in [7, 11) is 0. The molecule has 2 aromatic rings. The molecule has 8 heteroatoms. The van der Waals surface area contributed by atoms with Gasteiger partial charge in [-0.3, -0.25) is 0 Å². The van der Waals surface area contributed by atoms with Crippen LogP contribution in [0.1, 0.15) is 6.92 Å². The molecule has 0 bridgehead atoms. The van der Waals surface area contributed by atoms with Crippen LogP contribution in [0.5, 0.6) is 23.3 Å². The van der Waals surface area contributed by atoms with Gasteiger partial charge in [0.15, 0.2) is 6.61 Å². The molecule has 2 rings (SSSR count). The van der Waals surface area contributed by atoms with Crippen LogP contribution < -0.4 is 14.2 Å². The largest absolute Gasteiger partial charge is 0.573 e. The Morgan fingerprint density at radius 2 is 1.70 bits per heavy atom. The lowest BCUT2D eigenvalue weighted by atomic mass is 10.3. The minimum absolute atomic E-state index is 0.177. The van der Waals surface area contributed by atoms with Crippen molar-refractivity contribution in [3.05, 3.63) is 36.7 Å². The zero-order valence-corrected chi connectivity index (χ0v) is 11.9. The molecule has 0 aliphatic rings. The normalized spacial score (nSPS) is 10.4. The van der Waals surface area contributed by atoms with Gasteiger partial charge in [-0.15, -0.1) is 19.1 Å². The van der Waals surface area contributed by atoms with Crippen molar-refractivity contribution in [3.8, 4) is 35.1 Å². The summed E-state index contributed by atoms with van der Waals surface area (Å²) in [5.41, 5.74) is 0. The van der Waals surface area contributed by atoms with Crippen LogP contribution in [0.25, 0.3) is 0 Å². The highest BCUT2D eigenvalue weighted by molar-refractivity contribution is 5.34. The van der Waals surface area contributed by atoms with Gasteiger partial charge >= 0.3 is 6.36 Å². The molecule has 0 aliphatic heterocycles. The van der Waals surface area contributed by atoms with E-state index in [9.17, 15) is 13.2 Å². The van der Waals surface area contributed by atoms with Gasteiger partial charge in [0.2, 0.25) is 11.8 Å². The maximum absolute atomic E-state index is 12.1. The third kappa shape index (κ3) is 5.74. The monoisotopic (exact) mass is 324 g/mol. The topological polar surface area (TPSA) is 53.5 Å². The number of nitrogens with zero attached hydrogens (tertiary/aromatic N) is 2. The van der Waals surface area contributed by atoms with E-state index in [2.05, 4.69) is 26.5 Å². The minimum atomic E-state index is -4.73. The summed E-state index contributed by atoms with van der Waals surface area (Å²) < 4.78 is 50.6. The summed E-state index contributed by atoms with van der Waals surface area (Å²) >= 11 is 0. The highest BCUT2D eigenvalue weighted by Gasteiger charge is 2.30. The van der Waals surface area contributed by atoms with Crippen LogP contribution in [-0.2, 0) is 0 Å². The van der Waals surface area contributed by atoms with E-state index in [0.717, 1.165) is 12.1 Å². The van der Waals surface area contributed by atoms with Gasteiger partial charge in [0.05, 0.1) is 6.07 Å². The van der Waals surface area contributed by atoms with Gasteiger partial charge in [0, 0.05) is 0 Å². The molecule has 23 heavy (non-hydrogen) atoms. The summed E-state index contributed by atoms with van der Waals surface area (Å²) in [5.74, 6) is 5.79. The third-order valence-electron chi connectivity index (χ3n) is 2.37. The van der Waals surface area contributed by atoms with E-state index in [1.54, 1.807) is 6.92 Å². The highest BCUT2D eigenvalue weighted by Crippen LogP contribution is 2.27. The fourth-order valence-electron chi connectivity index (χ4n) is 1.47. The standard InChI is InChI=1S/C15H11F3N2O3/c1-2-3-8-21-13-9-14(20-10-19-13)22-11-4-6-12(7-5-11)23-15(16,17)18/h4-7,9-10H,8H2,1H3. The molecular weight excluding hydrogens is 313 g/mol. The predicted molar refractivity (Wildman–Crippen MR) is 74.2 cm³/mol. The van der Waals surface area contributed by atoms with E-state index in [1.807, 2.05) is 0 Å². The maximum Gasteiger partial charge on any atom is 0.573 e. The number of hydrogen-bond acceptors (Lipinski definition) is 5. The number of benzene rings is 1. The van der Waals surface area contributed by atoms with E-state index in [4.69, 9.17) is 9.47 Å². The molecule has 0 amide bonds. The molecule has 5 nitrogen and oxygen atoms in total. The first-order chi connectivity index (χ1) is 11.0. The fraction of sp³-hybridized carbons (Fsp3) is 0.200. The van der Waals surface area contributed by atoms with Gasteiger partial charge in [-0.05, 0) is 31.2 Å². The van der Waals surface area contributed by atoms with Gasteiger partial charge in [0.25, 0.3) is 0 Å². The molecule has 0 saturated heterocycles. The second-order valence-electron chi connectivity index (χ2n) is 4.03. The Labute approximate surface area is 130 Å². The van der Waals surface area contributed by atoms with Gasteiger partial charge in [-0.1, -0.05) is 5.92 Å². The molecular formula is C15H11F3N2O3. The second kappa shape index (κ2) is 7.35. The number of rotatable bonds is 5. The molecule has 0 unspecified atom stereocenters. The van der Waals surface area contributed by atoms with Crippen molar-refractivity contribution in [2.75, 3.05) is 6.61 Å². The first-order valence-electron chi connectivity index (χ1n) is 6.34. The van der Waals surface area contributed by atoms with Crippen LogP contribution in [0, 0.1) is 11.8 Å². The maximum atomic E-state index is 12.1.